The molecule has 7 nitrogen and oxygen atoms in total. The number of aliphatic hydroxyl groups is 2. The summed E-state index contributed by atoms with van der Waals surface area (Å²) in [7, 11) is 0. The van der Waals surface area contributed by atoms with Gasteiger partial charge in [-0.15, -0.1) is 0 Å². The number of carbonyl (C=O) groups excluding carboxylic acids is 2. The Morgan fingerprint density at radius 3 is 1.54 bits per heavy atom. The minimum atomic E-state index is -0.516. The van der Waals surface area contributed by atoms with E-state index in [0.717, 1.165) is 0 Å². The van der Waals surface area contributed by atoms with Crippen LogP contribution in [0.3, 0.4) is 0 Å². The van der Waals surface area contributed by atoms with Crippen molar-refractivity contribution in [2.24, 2.45) is 0 Å². The largest absolute Gasteiger partial charge is 0.460 e. The minimum Gasteiger partial charge on any atom is -0.460 e. The SMILES string of the molecule is C.C.CCC(=O)OC(CC)CO.CCOCC(CO)OC(=O)CC. The van der Waals surface area contributed by atoms with E-state index >= 15 is 0 Å². The lowest BCUT2D eigenvalue weighted by Crippen LogP contribution is -2.26. The van der Waals surface area contributed by atoms with E-state index in [2.05, 4.69) is 0 Å². The van der Waals surface area contributed by atoms with Gasteiger partial charge in [-0.1, -0.05) is 35.6 Å². The van der Waals surface area contributed by atoms with E-state index in [1.54, 1.807) is 13.8 Å². The number of hydrogen-bond acceptors (Lipinski definition) is 7. The zero-order valence-corrected chi connectivity index (χ0v) is 14.0. The number of esters is 2. The summed E-state index contributed by atoms with van der Waals surface area (Å²) in [5.74, 6) is -0.561. The maximum Gasteiger partial charge on any atom is 0.305 e. The molecule has 24 heavy (non-hydrogen) atoms. The van der Waals surface area contributed by atoms with Crippen molar-refractivity contribution >= 4 is 11.9 Å². The highest BCUT2D eigenvalue weighted by molar-refractivity contribution is 5.69. The van der Waals surface area contributed by atoms with Crippen molar-refractivity contribution in [3.8, 4) is 0 Å². The van der Waals surface area contributed by atoms with Crippen LogP contribution in [0.5, 0.6) is 0 Å². The molecule has 0 saturated carbocycles. The lowest BCUT2D eigenvalue weighted by atomic mass is 10.3. The lowest BCUT2D eigenvalue weighted by Gasteiger charge is -2.14. The first-order valence-corrected chi connectivity index (χ1v) is 7.67. The van der Waals surface area contributed by atoms with Crippen molar-refractivity contribution in [2.75, 3.05) is 26.4 Å². The summed E-state index contributed by atoms with van der Waals surface area (Å²) in [6.07, 6.45) is 0.534. The number of hydrogen-bond donors (Lipinski definition) is 2. The molecular weight excluding hydrogens is 316 g/mol. The van der Waals surface area contributed by atoms with E-state index in [4.69, 9.17) is 24.4 Å². The van der Waals surface area contributed by atoms with Gasteiger partial charge in [0.05, 0.1) is 19.8 Å². The van der Waals surface area contributed by atoms with Crippen LogP contribution in [0, 0.1) is 0 Å². The molecule has 0 aromatic carbocycles. The average molecular weight is 354 g/mol. The summed E-state index contributed by atoms with van der Waals surface area (Å²) in [5, 5.41) is 17.3. The fraction of sp³-hybridized carbons (Fsp3) is 0.882. The van der Waals surface area contributed by atoms with Gasteiger partial charge in [-0.05, 0) is 13.3 Å². The molecule has 0 bridgehead atoms. The molecular formula is C17H38O7. The molecule has 0 aromatic rings. The first-order valence-electron chi connectivity index (χ1n) is 7.67. The van der Waals surface area contributed by atoms with Crippen molar-refractivity contribution in [3.63, 3.8) is 0 Å². The van der Waals surface area contributed by atoms with Gasteiger partial charge in [-0.2, -0.15) is 0 Å². The van der Waals surface area contributed by atoms with Gasteiger partial charge in [-0.3, -0.25) is 9.59 Å². The Bertz CT molecular complexity index is 278. The van der Waals surface area contributed by atoms with E-state index in [1.807, 2.05) is 13.8 Å². The topological polar surface area (TPSA) is 102 Å². The standard InChI is InChI=1S/C8H16O4.C7H14O3.2CH4/c1-3-8(10)12-7(5-9)6-11-4-2;1-3-6(5-8)10-7(9)4-2;;/h7,9H,3-6H2,1-2H3;6,8H,3-5H2,1-2H3;2*1H4. The Kier molecular flexibility index (Phi) is 27.9. The average Bonchev–Trinajstić information content (AvgIpc) is 2.56. The molecule has 0 rings (SSSR count). The maximum atomic E-state index is 10.8. The molecule has 0 amide bonds. The predicted octanol–water partition coefficient (Wildman–Crippen LogP) is 2.32. The van der Waals surface area contributed by atoms with E-state index in [1.165, 1.54) is 0 Å². The van der Waals surface area contributed by atoms with Crippen molar-refractivity contribution in [1.29, 1.82) is 0 Å². The van der Waals surface area contributed by atoms with Crippen LogP contribution < -0.4 is 0 Å². The Hall–Kier alpha value is -1.18. The van der Waals surface area contributed by atoms with Gasteiger partial charge in [0.1, 0.15) is 12.2 Å². The van der Waals surface area contributed by atoms with Gasteiger partial charge in [0.15, 0.2) is 0 Å². The molecule has 2 N–H and O–H groups in total. The molecule has 2 unspecified atom stereocenters. The summed E-state index contributed by atoms with van der Waals surface area (Å²) < 4.78 is 14.6. The van der Waals surface area contributed by atoms with Crippen LogP contribution >= 0.6 is 0 Å². The van der Waals surface area contributed by atoms with Gasteiger partial charge < -0.3 is 24.4 Å². The predicted molar refractivity (Wildman–Crippen MR) is 94.8 cm³/mol. The van der Waals surface area contributed by atoms with Gasteiger partial charge in [0, 0.05) is 19.4 Å². The van der Waals surface area contributed by atoms with E-state index < -0.39 is 6.10 Å². The molecule has 7 heteroatoms. The van der Waals surface area contributed by atoms with Gasteiger partial charge in [0.25, 0.3) is 0 Å². The quantitative estimate of drug-likeness (QED) is 0.580. The van der Waals surface area contributed by atoms with Crippen LogP contribution in [0.25, 0.3) is 0 Å². The number of rotatable bonds is 10. The molecule has 148 valence electrons. The zero-order chi connectivity index (χ0) is 17.4. The molecule has 0 heterocycles. The third kappa shape index (κ3) is 18.9. The van der Waals surface area contributed by atoms with E-state index in [-0.39, 0.29) is 52.7 Å². The van der Waals surface area contributed by atoms with Crippen LogP contribution in [0.1, 0.15) is 61.8 Å². The van der Waals surface area contributed by atoms with Crippen molar-refractivity contribution in [1.82, 2.24) is 0 Å². The first kappa shape index (κ1) is 30.7. The summed E-state index contributed by atoms with van der Waals surface area (Å²) in [6, 6.07) is 0. The van der Waals surface area contributed by atoms with Crippen LogP contribution in [0.15, 0.2) is 0 Å². The fourth-order valence-electron chi connectivity index (χ4n) is 1.16. The highest BCUT2D eigenvalue weighted by Gasteiger charge is 2.11. The normalized spacial score (nSPS) is 11.6. The number of ether oxygens (including phenoxy) is 3. The minimum absolute atomic E-state index is 0. The monoisotopic (exact) mass is 354 g/mol. The van der Waals surface area contributed by atoms with Gasteiger partial charge >= 0.3 is 11.9 Å². The number of carbonyl (C=O) groups is 2. The molecule has 0 aromatic heterocycles. The van der Waals surface area contributed by atoms with Gasteiger partial charge in [0.2, 0.25) is 0 Å². The Morgan fingerprint density at radius 1 is 0.833 bits per heavy atom. The Balaban J connectivity index is -0.000000156. The molecule has 0 aliphatic carbocycles. The van der Waals surface area contributed by atoms with Crippen molar-refractivity contribution < 1.29 is 34.0 Å². The maximum absolute atomic E-state index is 10.8. The van der Waals surface area contributed by atoms with Crippen molar-refractivity contribution in [2.45, 2.75) is 74.0 Å². The summed E-state index contributed by atoms with van der Waals surface area (Å²) in [6.45, 7) is 7.69. The fourth-order valence-corrected chi connectivity index (χ4v) is 1.16. The molecule has 0 fully saturated rings. The highest BCUT2D eigenvalue weighted by atomic mass is 16.6. The van der Waals surface area contributed by atoms with Crippen LogP contribution in [-0.4, -0.2) is 60.8 Å². The second kappa shape index (κ2) is 21.8. The molecule has 0 aliphatic rings. The zero-order valence-electron chi connectivity index (χ0n) is 14.0. The van der Waals surface area contributed by atoms with Crippen LogP contribution in [0.2, 0.25) is 0 Å². The second-order valence-electron chi connectivity index (χ2n) is 4.36. The summed E-state index contributed by atoms with van der Waals surface area (Å²) in [5.41, 5.74) is 0. The van der Waals surface area contributed by atoms with E-state index in [9.17, 15) is 9.59 Å². The van der Waals surface area contributed by atoms with E-state index in [0.29, 0.717) is 25.9 Å². The van der Waals surface area contributed by atoms with Crippen LogP contribution in [0.4, 0.5) is 0 Å². The Morgan fingerprint density at radius 2 is 1.25 bits per heavy atom. The second-order valence-corrected chi connectivity index (χ2v) is 4.36. The molecule has 0 radical (unpaired) electrons. The van der Waals surface area contributed by atoms with Gasteiger partial charge in [-0.25, -0.2) is 0 Å². The molecule has 0 saturated heterocycles. The third-order valence-electron chi connectivity index (χ3n) is 2.54. The smallest absolute Gasteiger partial charge is 0.305 e. The summed E-state index contributed by atoms with van der Waals surface area (Å²) >= 11 is 0. The van der Waals surface area contributed by atoms with Crippen molar-refractivity contribution in [3.05, 3.63) is 0 Å². The third-order valence-corrected chi connectivity index (χ3v) is 2.54. The lowest BCUT2D eigenvalue weighted by molar-refractivity contribution is -0.154. The Labute approximate surface area is 147 Å². The van der Waals surface area contributed by atoms with Crippen LogP contribution in [-0.2, 0) is 23.8 Å². The number of aliphatic hydroxyl groups excluding tert-OH is 2. The highest BCUT2D eigenvalue weighted by Crippen LogP contribution is 1.98. The summed E-state index contributed by atoms with van der Waals surface area (Å²) in [4.78, 5) is 21.4. The molecule has 0 aliphatic heterocycles. The first-order chi connectivity index (χ1) is 10.5. The molecule has 2 atom stereocenters. The molecule has 0 spiro atoms.